The summed E-state index contributed by atoms with van der Waals surface area (Å²) in [6, 6.07) is 36.0. The first kappa shape index (κ1) is 19.8. The van der Waals surface area contributed by atoms with Crippen molar-refractivity contribution in [2.24, 2.45) is 0 Å². The maximum absolute atomic E-state index is 12.6. The third-order valence-electron chi connectivity index (χ3n) is 5.47. The Bertz CT molecular complexity index is 1360. The zero-order valence-corrected chi connectivity index (χ0v) is 17.6. The van der Waals surface area contributed by atoms with E-state index in [9.17, 15) is 4.79 Å². The fraction of sp³-hybridized carbons (Fsp3) is 0.0690. The molecule has 3 nitrogen and oxygen atoms in total. The SMILES string of the molecule is O=C(Cc1ccccc1)Cc1ccc2nc(-c3ccccc3)c(-c3ccccc3)nc2c1. The Hall–Kier alpha value is -4.11. The lowest BCUT2D eigenvalue weighted by atomic mass is 10.0. The summed E-state index contributed by atoms with van der Waals surface area (Å²) in [7, 11) is 0. The van der Waals surface area contributed by atoms with E-state index in [1.165, 1.54) is 0 Å². The first-order valence-corrected chi connectivity index (χ1v) is 10.7. The second kappa shape index (κ2) is 8.94. The molecule has 0 atom stereocenters. The molecule has 1 aromatic heterocycles. The van der Waals surface area contributed by atoms with Gasteiger partial charge < -0.3 is 0 Å². The molecule has 3 heteroatoms. The minimum Gasteiger partial charge on any atom is -0.299 e. The van der Waals surface area contributed by atoms with E-state index in [-0.39, 0.29) is 5.78 Å². The molecule has 0 fully saturated rings. The number of benzene rings is 4. The molecule has 0 bridgehead atoms. The van der Waals surface area contributed by atoms with E-state index < -0.39 is 0 Å². The van der Waals surface area contributed by atoms with Gasteiger partial charge in [-0.05, 0) is 23.3 Å². The number of hydrogen-bond donors (Lipinski definition) is 0. The predicted octanol–water partition coefficient (Wildman–Crippen LogP) is 6.32. The van der Waals surface area contributed by atoms with E-state index in [1.807, 2.05) is 84.9 Å². The quantitative estimate of drug-likeness (QED) is 0.327. The number of nitrogens with zero attached hydrogens (tertiary/aromatic N) is 2. The van der Waals surface area contributed by atoms with E-state index in [0.717, 1.165) is 44.7 Å². The zero-order chi connectivity index (χ0) is 21.8. The second-order valence-electron chi connectivity index (χ2n) is 7.85. The lowest BCUT2D eigenvalue weighted by Crippen LogP contribution is -2.06. The average Bonchev–Trinajstić information content (AvgIpc) is 2.85. The summed E-state index contributed by atoms with van der Waals surface area (Å²) in [5.74, 6) is 0.188. The van der Waals surface area contributed by atoms with Gasteiger partial charge in [0.1, 0.15) is 5.78 Å². The highest BCUT2D eigenvalue weighted by atomic mass is 16.1. The van der Waals surface area contributed by atoms with Gasteiger partial charge in [0.15, 0.2) is 0 Å². The molecule has 4 aromatic carbocycles. The molecule has 5 aromatic rings. The summed E-state index contributed by atoms with van der Waals surface area (Å²) in [6.45, 7) is 0. The lowest BCUT2D eigenvalue weighted by Gasteiger charge is -2.11. The number of hydrogen-bond acceptors (Lipinski definition) is 3. The average molecular weight is 415 g/mol. The Kier molecular flexibility index (Phi) is 5.54. The van der Waals surface area contributed by atoms with Crippen LogP contribution < -0.4 is 0 Å². The molecule has 0 aliphatic heterocycles. The minimum absolute atomic E-state index is 0.188. The highest BCUT2D eigenvalue weighted by Crippen LogP contribution is 2.31. The van der Waals surface area contributed by atoms with Crippen LogP contribution in [0, 0.1) is 0 Å². The maximum atomic E-state index is 12.6. The van der Waals surface area contributed by atoms with Gasteiger partial charge in [0.25, 0.3) is 0 Å². The molecule has 0 N–H and O–H groups in total. The largest absolute Gasteiger partial charge is 0.299 e. The number of carbonyl (C=O) groups is 1. The molecule has 5 rings (SSSR count). The first-order chi connectivity index (χ1) is 15.8. The van der Waals surface area contributed by atoms with E-state index in [1.54, 1.807) is 0 Å². The molecule has 0 spiro atoms. The Morgan fingerprint density at radius 2 is 1.03 bits per heavy atom. The molecule has 0 saturated heterocycles. The van der Waals surface area contributed by atoms with Crippen molar-refractivity contribution in [1.29, 1.82) is 0 Å². The number of Topliss-reactive ketones (excluding diaryl/α,β-unsaturated/α-hetero) is 1. The number of rotatable bonds is 6. The summed E-state index contributed by atoms with van der Waals surface area (Å²) >= 11 is 0. The Labute approximate surface area is 187 Å². The van der Waals surface area contributed by atoms with Crippen LogP contribution in [0.1, 0.15) is 11.1 Å². The highest BCUT2D eigenvalue weighted by molar-refractivity contribution is 5.88. The summed E-state index contributed by atoms with van der Waals surface area (Å²) < 4.78 is 0. The highest BCUT2D eigenvalue weighted by Gasteiger charge is 2.14. The van der Waals surface area contributed by atoms with Crippen molar-refractivity contribution >= 4 is 16.8 Å². The molecule has 32 heavy (non-hydrogen) atoms. The molecule has 0 unspecified atom stereocenters. The van der Waals surface area contributed by atoms with Crippen molar-refractivity contribution in [2.75, 3.05) is 0 Å². The van der Waals surface area contributed by atoms with Crippen LogP contribution in [0.2, 0.25) is 0 Å². The van der Waals surface area contributed by atoms with Crippen LogP contribution in [0.25, 0.3) is 33.5 Å². The van der Waals surface area contributed by atoms with Crippen molar-refractivity contribution in [3.63, 3.8) is 0 Å². The Balaban J connectivity index is 1.52. The van der Waals surface area contributed by atoms with Crippen molar-refractivity contribution in [3.05, 3.63) is 120 Å². The normalized spacial score (nSPS) is 10.9. The summed E-state index contributed by atoms with van der Waals surface area (Å²) in [5.41, 5.74) is 7.37. The number of fused-ring (bicyclic) bond motifs is 1. The van der Waals surface area contributed by atoms with Gasteiger partial charge in [-0.1, -0.05) is 97.1 Å². The van der Waals surface area contributed by atoms with Gasteiger partial charge in [0.05, 0.1) is 22.4 Å². The van der Waals surface area contributed by atoms with Gasteiger partial charge in [-0.3, -0.25) is 4.79 Å². The van der Waals surface area contributed by atoms with Gasteiger partial charge in [-0.25, -0.2) is 9.97 Å². The fourth-order valence-corrected chi connectivity index (χ4v) is 3.92. The zero-order valence-electron chi connectivity index (χ0n) is 17.6. The Morgan fingerprint density at radius 1 is 0.531 bits per heavy atom. The number of aromatic nitrogens is 2. The van der Waals surface area contributed by atoms with Crippen molar-refractivity contribution in [1.82, 2.24) is 9.97 Å². The van der Waals surface area contributed by atoms with E-state index >= 15 is 0 Å². The van der Waals surface area contributed by atoms with Gasteiger partial charge in [0.2, 0.25) is 0 Å². The van der Waals surface area contributed by atoms with E-state index in [2.05, 4.69) is 24.3 Å². The van der Waals surface area contributed by atoms with Crippen LogP contribution in [0.3, 0.4) is 0 Å². The minimum atomic E-state index is 0.188. The molecular weight excluding hydrogens is 392 g/mol. The van der Waals surface area contributed by atoms with E-state index in [4.69, 9.17) is 9.97 Å². The summed E-state index contributed by atoms with van der Waals surface area (Å²) in [5, 5.41) is 0. The van der Waals surface area contributed by atoms with Crippen molar-refractivity contribution in [2.45, 2.75) is 12.8 Å². The van der Waals surface area contributed by atoms with Crippen LogP contribution in [-0.2, 0) is 17.6 Å². The first-order valence-electron chi connectivity index (χ1n) is 10.7. The summed E-state index contributed by atoms with van der Waals surface area (Å²) in [6.07, 6.45) is 0.820. The standard InChI is InChI=1S/C29H22N2O/c32-25(18-21-10-4-1-5-11-21)19-22-16-17-26-27(20-22)31-29(24-14-8-3-9-15-24)28(30-26)23-12-6-2-7-13-23/h1-17,20H,18-19H2. The summed E-state index contributed by atoms with van der Waals surface area (Å²) in [4.78, 5) is 22.6. The van der Waals surface area contributed by atoms with Crippen LogP contribution >= 0.6 is 0 Å². The molecule has 0 aliphatic carbocycles. The van der Waals surface area contributed by atoms with E-state index in [0.29, 0.717) is 12.8 Å². The van der Waals surface area contributed by atoms with Crippen LogP contribution in [-0.4, -0.2) is 15.8 Å². The molecule has 0 radical (unpaired) electrons. The number of ketones is 1. The van der Waals surface area contributed by atoms with Gasteiger partial charge in [-0.15, -0.1) is 0 Å². The van der Waals surface area contributed by atoms with Gasteiger partial charge in [-0.2, -0.15) is 0 Å². The van der Waals surface area contributed by atoms with Gasteiger partial charge >= 0.3 is 0 Å². The smallest absolute Gasteiger partial charge is 0.141 e. The Morgan fingerprint density at radius 3 is 1.62 bits per heavy atom. The topological polar surface area (TPSA) is 42.9 Å². The van der Waals surface area contributed by atoms with Crippen LogP contribution in [0.15, 0.2) is 109 Å². The molecule has 0 saturated carbocycles. The maximum Gasteiger partial charge on any atom is 0.141 e. The van der Waals surface area contributed by atoms with Crippen molar-refractivity contribution < 1.29 is 4.79 Å². The third-order valence-corrected chi connectivity index (χ3v) is 5.47. The molecule has 0 amide bonds. The lowest BCUT2D eigenvalue weighted by molar-refractivity contribution is -0.117. The van der Waals surface area contributed by atoms with Crippen LogP contribution in [0.4, 0.5) is 0 Å². The van der Waals surface area contributed by atoms with Crippen LogP contribution in [0.5, 0.6) is 0 Å². The molecular formula is C29H22N2O. The molecule has 0 aliphatic rings. The van der Waals surface area contributed by atoms with Crippen molar-refractivity contribution in [3.8, 4) is 22.5 Å². The number of carbonyl (C=O) groups excluding carboxylic acids is 1. The second-order valence-corrected chi connectivity index (χ2v) is 7.85. The molecule has 154 valence electrons. The predicted molar refractivity (Wildman–Crippen MR) is 129 cm³/mol. The monoisotopic (exact) mass is 414 g/mol. The third kappa shape index (κ3) is 4.33. The molecule has 1 heterocycles. The van der Waals surface area contributed by atoms with Gasteiger partial charge in [0, 0.05) is 24.0 Å². The fourth-order valence-electron chi connectivity index (χ4n) is 3.92.